The number of nitrogens with one attached hydrogen (secondary N) is 1. The van der Waals surface area contributed by atoms with Crippen molar-refractivity contribution in [1.29, 1.82) is 0 Å². The molecule has 0 atom stereocenters. The van der Waals surface area contributed by atoms with Crippen LogP contribution in [0.15, 0.2) is 10.9 Å². The van der Waals surface area contributed by atoms with Crippen LogP contribution < -0.4 is 11.0 Å². The molecule has 1 saturated carbocycles. The van der Waals surface area contributed by atoms with E-state index >= 15 is 0 Å². The summed E-state index contributed by atoms with van der Waals surface area (Å²) in [5, 5.41) is 11.7. The van der Waals surface area contributed by atoms with Crippen LogP contribution >= 0.6 is 0 Å². The Labute approximate surface area is 164 Å². The predicted molar refractivity (Wildman–Crippen MR) is 105 cm³/mol. The Morgan fingerprint density at radius 2 is 2.00 bits per heavy atom. The number of carbonyl (C=O) groups excluding carboxylic acids is 1. The molecule has 1 amide bonds. The molecule has 1 aliphatic rings. The third kappa shape index (κ3) is 4.46. The molecule has 0 aromatic carbocycles. The molecule has 3 rings (SSSR count). The summed E-state index contributed by atoms with van der Waals surface area (Å²) >= 11 is 0. The van der Waals surface area contributed by atoms with Gasteiger partial charge in [-0.1, -0.05) is 0 Å². The van der Waals surface area contributed by atoms with Gasteiger partial charge in [-0.05, 0) is 46.9 Å². The zero-order valence-corrected chi connectivity index (χ0v) is 17.3. The molecule has 0 saturated heterocycles. The van der Waals surface area contributed by atoms with Crippen molar-refractivity contribution in [2.45, 2.75) is 58.2 Å². The molecule has 1 fully saturated rings. The molecule has 0 bridgehead atoms. The van der Waals surface area contributed by atoms with E-state index in [9.17, 15) is 9.59 Å². The summed E-state index contributed by atoms with van der Waals surface area (Å²) in [6.45, 7) is 4.75. The minimum absolute atomic E-state index is 0.0402. The lowest BCUT2D eigenvalue weighted by atomic mass is 9.79. The van der Waals surface area contributed by atoms with E-state index in [0.717, 1.165) is 36.7 Å². The average molecular weight is 387 g/mol. The first-order valence-corrected chi connectivity index (χ1v) is 9.62. The van der Waals surface area contributed by atoms with Crippen molar-refractivity contribution in [3.63, 3.8) is 0 Å². The van der Waals surface area contributed by atoms with Crippen molar-refractivity contribution >= 4 is 5.91 Å². The van der Waals surface area contributed by atoms with Gasteiger partial charge in [0.1, 0.15) is 11.6 Å². The molecule has 9 heteroatoms. The molecule has 0 radical (unpaired) electrons. The summed E-state index contributed by atoms with van der Waals surface area (Å²) in [5.41, 5.74) is 1.22. The Balaban J connectivity index is 1.48. The van der Waals surface area contributed by atoms with Crippen molar-refractivity contribution in [2.24, 2.45) is 7.05 Å². The van der Waals surface area contributed by atoms with Gasteiger partial charge in [-0.25, -0.2) is 4.79 Å². The highest BCUT2D eigenvalue weighted by Gasteiger charge is 2.34. The fourth-order valence-electron chi connectivity index (χ4n) is 3.66. The molecular weight excluding hydrogens is 358 g/mol. The molecule has 28 heavy (non-hydrogen) atoms. The van der Waals surface area contributed by atoms with Crippen LogP contribution in [0.25, 0.3) is 0 Å². The molecule has 0 aliphatic heterocycles. The minimum atomic E-state index is -0.301. The Hall–Kier alpha value is -2.55. The monoisotopic (exact) mass is 387 g/mol. The standard InChI is InChI=1S/C19H29N7O2/c1-12-8-13(2)26(19(28)20-12)7-6-17(27)21-15-9-14(10-15)18-23-22-16(25(18)5)11-24(3)4/h8,14-15H,6-7,9-11H2,1-5H3,(H,21,27). The lowest BCUT2D eigenvalue weighted by Gasteiger charge is -2.35. The van der Waals surface area contributed by atoms with Crippen LogP contribution in [0.1, 0.15) is 48.2 Å². The van der Waals surface area contributed by atoms with Gasteiger partial charge in [0.05, 0.1) is 6.54 Å². The van der Waals surface area contributed by atoms with Crippen molar-refractivity contribution in [3.8, 4) is 0 Å². The second-order valence-corrected chi connectivity index (χ2v) is 7.93. The van der Waals surface area contributed by atoms with Gasteiger partial charge in [-0.15, -0.1) is 10.2 Å². The SMILES string of the molecule is Cc1cc(C)n(CCC(=O)NC2CC(c3nnc(CN(C)C)n3C)C2)c(=O)n1. The summed E-state index contributed by atoms with van der Waals surface area (Å²) in [4.78, 5) is 30.2. The molecule has 9 nitrogen and oxygen atoms in total. The van der Waals surface area contributed by atoms with E-state index in [1.807, 2.05) is 34.1 Å². The lowest BCUT2D eigenvalue weighted by Crippen LogP contribution is -2.44. The molecule has 1 aliphatic carbocycles. The molecule has 2 heterocycles. The third-order valence-electron chi connectivity index (χ3n) is 5.23. The van der Waals surface area contributed by atoms with Crippen LogP contribution in [0.5, 0.6) is 0 Å². The van der Waals surface area contributed by atoms with Gasteiger partial charge < -0.3 is 14.8 Å². The molecule has 0 spiro atoms. The predicted octanol–water partition coefficient (Wildman–Crippen LogP) is 0.503. The van der Waals surface area contributed by atoms with Crippen LogP contribution in [0, 0.1) is 13.8 Å². The number of carbonyl (C=O) groups is 1. The van der Waals surface area contributed by atoms with Gasteiger partial charge in [0.15, 0.2) is 0 Å². The van der Waals surface area contributed by atoms with Gasteiger partial charge >= 0.3 is 5.69 Å². The summed E-state index contributed by atoms with van der Waals surface area (Å²) < 4.78 is 3.60. The first-order chi connectivity index (χ1) is 13.2. The summed E-state index contributed by atoms with van der Waals surface area (Å²) in [7, 11) is 6.01. The Morgan fingerprint density at radius 3 is 2.64 bits per heavy atom. The highest BCUT2D eigenvalue weighted by molar-refractivity contribution is 5.76. The number of amides is 1. The van der Waals surface area contributed by atoms with Crippen molar-refractivity contribution in [2.75, 3.05) is 14.1 Å². The second kappa shape index (κ2) is 8.22. The maximum Gasteiger partial charge on any atom is 0.347 e. The summed E-state index contributed by atoms with van der Waals surface area (Å²) in [6.07, 6.45) is 2.00. The van der Waals surface area contributed by atoms with Crippen LogP contribution in [0.2, 0.25) is 0 Å². The van der Waals surface area contributed by atoms with E-state index in [2.05, 4.69) is 30.0 Å². The van der Waals surface area contributed by atoms with E-state index in [0.29, 0.717) is 18.2 Å². The van der Waals surface area contributed by atoms with Gasteiger partial charge in [-0.2, -0.15) is 4.98 Å². The number of rotatable bonds is 7. The normalized spacial score (nSPS) is 18.9. The van der Waals surface area contributed by atoms with Crippen LogP contribution in [0.3, 0.4) is 0 Å². The maximum atomic E-state index is 12.3. The topological polar surface area (TPSA) is 97.9 Å². The molecule has 2 aromatic heterocycles. The maximum absolute atomic E-state index is 12.3. The van der Waals surface area contributed by atoms with Crippen molar-refractivity contribution in [3.05, 3.63) is 39.6 Å². The zero-order chi connectivity index (χ0) is 20.4. The molecule has 2 aromatic rings. The lowest BCUT2D eigenvalue weighted by molar-refractivity contribution is -0.122. The molecule has 1 N–H and O–H groups in total. The smallest absolute Gasteiger partial charge is 0.347 e. The van der Waals surface area contributed by atoms with E-state index in [1.54, 1.807) is 11.5 Å². The van der Waals surface area contributed by atoms with Crippen molar-refractivity contribution in [1.82, 2.24) is 34.5 Å². The first kappa shape index (κ1) is 20.2. The van der Waals surface area contributed by atoms with Crippen LogP contribution in [-0.2, 0) is 24.9 Å². The molecule has 0 unspecified atom stereocenters. The first-order valence-electron chi connectivity index (χ1n) is 9.62. The summed E-state index contributed by atoms with van der Waals surface area (Å²) in [5.74, 6) is 2.21. The van der Waals surface area contributed by atoms with Crippen LogP contribution in [-0.4, -0.2) is 55.3 Å². The number of aryl methyl sites for hydroxylation is 2. The largest absolute Gasteiger partial charge is 0.353 e. The minimum Gasteiger partial charge on any atom is -0.353 e. The van der Waals surface area contributed by atoms with Gasteiger partial charge in [0.2, 0.25) is 5.91 Å². The van der Waals surface area contributed by atoms with Crippen LogP contribution in [0.4, 0.5) is 0 Å². The number of hydrogen-bond acceptors (Lipinski definition) is 6. The second-order valence-electron chi connectivity index (χ2n) is 7.93. The molecule has 152 valence electrons. The number of aromatic nitrogens is 5. The fraction of sp³-hybridized carbons (Fsp3) is 0.632. The zero-order valence-electron chi connectivity index (χ0n) is 17.3. The van der Waals surface area contributed by atoms with Gasteiger partial charge in [-0.3, -0.25) is 9.36 Å². The van der Waals surface area contributed by atoms with E-state index in [1.165, 1.54) is 0 Å². The molecular formula is C19H29N7O2. The Bertz CT molecular complexity index is 909. The number of nitrogens with zero attached hydrogens (tertiary/aromatic N) is 6. The summed E-state index contributed by atoms with van der Waals surface area (Å²) in [6, 6.07) is 2.00. The Kier molecular flexibility index (Phi) is 5.93. The highest BCUT2D eigenvalue weighted by Crippen LogP contribution is 2.35. The number of hydrogen-bond donors (Lipinski definition) is 1. The average Bonchev–Trinajstić information content (AvgIpc) is 2.89. The van der Waals surface area contributed by atoms with Gasteiger partial charge in [0.25, 0.3) is 0 Å². The fourth-order valence-corrected chi connectivity index (χ4v) is 3.66. The Morgan fingerprint density at radius 1 is 1.29 bits per heavy atom. The third-order valence-corrected chi connectivity index (χ3v) is 5.23. The van der Waals surface area contributed by atoms with E-state index in [4.69, 9.17) is 0 Å². The quantitative estimate of drug-likeness (QED) is 0.743. The van der Waals surface area contributed by atoms with E-state index in [-0.39, 0.29) is 24.1 Å². The van der Waals surface area contributed by atoms with Gasteiger partial charge in [0, 0.05) is 43.4 Å². The highest BCUT2D eigenvalue weighted by atomic mass is 16.2. The van der Waals surface area contributed by atoms with E-state index < -0.39 is 0 Å². The van der Waals surface area contributed by atoms with Crippen molar-refractivity contribution < 1.29 is 4.79 Å².